The van der Waals surface area contributed by atoms with Crippen LogP contribution < -0.4 is 15.8 Å². The van der Waals surface area contributed by atoms with Crippen LogP contribution in [0.1, 0.15) is 42.7 Å². The first-order chi connectivity index (χ1) is 13.5. The number of carbonyl (C=O) groups excluding carboxylic acids is 1. The number of amides is 1. The molecule has 2 aromatic heterocycles. The Morgan fingerprint density at radius 1 is 1.21 bits per heavy atom. The lowest BCUT2D eigenvalue weighted by Crippen LogP contribution is -2.13. The van der Waals surface area contributed by atoms with E-state index < -0.39 is 5.91 Å². The molecule has 9 heteroatoms. The Labute approximate surface area is 167 Å². The molecule has 3 rings (SSSR count). The Morgan fingerprint density at radius 2 is 1.96 bits per heavy atom. The summed E-state index contributed by atoms with van der Waals surface area (Å²) >= 11 is 1.61. The molecule has 0 aliphatic heterocycles. The van der Waals surface area contributed by atoms with E-state index in [0.717, 1.165) is 22.7 Å². The first-order valence-electron chi connectivity index (χ1n) is 8.95. The van der Waals surface area contributed by atoms with Gasteiger partial charge in [0.15, 0.2) is 5.82 Å². The van der Waals surface area contributed by atoms with Gasteiger partial charge in [0.05, 0.1) is 23.8 Å². The lowest BCUT2D eigenvalue weighted by molar-refractivity contribution is 0.100. The standard InChI is InChI=1S/C19H23N7OS/c1-4-28-26-13-7-5-12(6-8-13)17-16(18(20)27)19(25-24-17)23-15-10-21-14(9-22-15)11(2)3/h5-11,26H,4H2,1-3H3,(H2,20,27)(H2,22,23,24,25). The van der Waals surface area contributed by atoms with E-state index in [0.29, 0.717) is 17.3 Å². The maximum absolute atomic E-state index is 12.1. The van der Waals surface area contributed by atoms with Crippen LogP contribution in [0, 0.1) is 0 Å². The van der Waals surface area contributed by atoms with Crippen LogP contribution in [0.5, 0.6) is 0 Å². The van der Waals surface area contributed by atoms with E-state index >= 15 is 0 Å². The summed E-state index contributed by atoms with van der Waals surface area (Å²) in [4.78, 5) is 20.8. The minimum atomic E-state index is -0.582. The second-order valence-corrected chi connectivity index (χ2v) is 7.48. The first kappa shape index (κ1) is 19.7. The van der Waals surface area contributed by atoms with E-state index in [1.807, 2.05) is 38.1 Å². The number of nitrogens with one attached hydrogen (secondary N) is 3. The summed E-state index contributed by atoms with van der Waals surface area (Å²) in [5, 5.41) is 10.1. The van der Waals surface area contributed by atoms with E-state index in [1.54, 1.807) is 24.3 Å². The van der Waals surface area contributed by atoms with Gasteiger partial charge in [0.2, 0.25) is 0 Å². The number of H-pyrrole nitrogens is 1. The highest BCUT2D eigenvalue weighted by Gasteiger charge is 2.20. The Balaban J connectivity index is 1.86. The fourth-order valence-electron chi connectivity index (χ4n) is 2.56. The molecule has 0 atom stereocenters. The average molecular weight is 398 g/mol. The first-order valence-corrected chi connectivity index (χ1v) is 9.93. The summed E-state index contributed by atoms with van der Waals surface area (Å²) in [6.07, 6.45) is 3.31. The lowest BCUT2D eigenvalue weighted by Gasteiger charge is -2.07. The highest BCUT2D eigenvalue weighted by molar-refractivity contribution is 8.00. The molecule has 0 aliphatic carbocycles. The van der Waals surface area contributed by atoms with Crippen molar-refractivity contribution >= 4 is 35.2 Å². The summed E-state index contributed by atoms with van der Waals surface area (Å²) in [5.41, 5.74) is 9.12. The average Bonchev–Trinajstić information content (AvgIpc) is 3.11. The van der Waals surface area contributed by atoms with Crippen molar-refractivity contribution in [3.63, 3.8) is 0 Å². The molecule has 0 spiro atoms. The maximum atomic E-state index is 12.1. The second-order valence-electron chi connectivity index (χ2n) is 6.41. The number of nitrogens with zero attached hydrogens (tertiary/aromatic N) is 3. The van der Waals surface area contributed by atoms with E-state index in [9.17, 15) is 4.79 Å². The number of rotatable bonds is 8. The normalized spacial score (nSPS) is 10.9. The van der Waals surface area contributed by atoms with Gasteiger partial charge >= 0.3 is 0 Å². The Kier molecular flexibility index (Phi) is 6.15. The SMILES string of the molecule is CCSNc1ccc(-c2[nH]nc(Nc3cnc(C(C)C)cn3)c2C(N)=O)cc1. The van der Waals surface area contributed by atoms with Crippen LogP contribution >= 0.6 is 11.9 Å². The topological polar surface area (TPSA) is 122 Å². The third-order valence-electron chi connectivity index (χ3n) is 4.03. The molecular weight excluding hydrogens is 374 g/mol. The quantitative estimate of drug-likeness (QED) is 0.425. The minimum absolute atomic E-state index is 0.276. The molecular formula is C19H23N7OS. The van der Waals surface area contributed by atoms with E-state index in [1.165, 1.54) is 0 Å². The van der Waals surface area contributed by atoms with Gasteiger partial charge in [0.25, 0.3) is 5.91 Å². The third-order valence-corrected chi connectivity index (χ3v) is 4.70. The predicted octanol–water partition coefficient (Wildman–Crippen LogP) is 3.91. The lowest BCUT2D eigenvalue weighted by atomic mass is 10.1. The number of nitrogens with two attached hydrogens (primary N) is 1. The summed E-state index contributed by atoms with van der Waals surface area (Å²) in [7, 11) is 0. The van der Waals surface area contributed by atoms with E-state index in [4.69, 9.17) is 5.73 Å². The molecule has 8 nitrogen and oxygen atoms in total. The highest BCUT2D eigenvalue weighted by atomic mass is 32.2. The van der Waals surface area contributed by atoms with Crippen molar-refractivity contribution in [1.29, 1.82) is 0 Å². The Bertz CT molecular complexity index is 936. The van der Waals surface area contributed by atoms with Crippen molar-refractivity contribution < 1.29 is 4.79 Å². The van der Waals surface area contributed by atoms with Gasteiger partial charge in [-0.1, -0.05) is 44.9 Å². The van der Waals surface area contributed by atoms with Crippen LogP contribution in [0.4, 0.5) is 17.3 Å². The number of aromatic amines is 1. The van der Waals surface area contributed by atoms with Crippen LogP contribution in [0.3, 0.4) is 0 Å². The molecule has 0 unspecified atom stereocenters. The van der Waals surface area contributed by atoms with Gasteiger partial charge in [-0.3, -0.25) is 14.9 Å². The van der Waals surface area contributed by atoms with E-state index in [2.05, 4.69) is 37.1 Å². The number of carbonyl (C=O) groups is 1. The summed E-state index contributed by atoms with van der Waals surface area (Å²) < 4.78 is 3.23. The van der Waals surface area contributed by atoms with Crippen molar-refractivity contribution in [2.75, 3.05) is 15.8 Å². The number of primary amides is 1. The van der Waals surface area contributed by atoms with Crippen LogP contribution in [0.15, 0.2) is 36.7 Å². The van der Waals surface area contributed by atoms with Gasteiger partial charge in [0.1, 0.15) is 11.4 Å². The Morgan fingerprint density at radius 3 is 2.54 bits per heavy atom. The summed E-state index contributed by atoms with van der Waals surface area (Å²) in [5.74, 6) is 1.47. The van der Waals surface area contributed by atoms with Crippen LogP contribution in [0.25, 0.3) is 11.3 Å². The molecule has 0 saturated heterocycles. The zero-order valence-corrected chi connectivity index (χ0v) is 16.8. The molecule has 28 heavy (non-hydrogen) atoms. The number of anilines is 3. The number of hydrogen-bond acceptors (Lipinski definition) is 7. The summed E-state index contributed by atoms with van der Waals surface area (Å²) in [6.45, 7) is 6.17. The smallest absolute Gasteiger partial charge is 0.254 e. The fraction of sp³-hybridized carbons (Fsp3) is 0.263. The Hall–Kier alpha value is -3.07. The maximum Gasteiger partial charge on any atom is 0.254 e. The van der Waals surface area contributed by atoms with Gasteiger partial charge in [-0.2, -0.15) is 5.10 Å². The number of hydrogen-bond donors (Lipinski definition) is 4. The molecule has 0 aliphatic rings. The van der Waals surface area contributed by atoms with Gasteiger partial charge in [-0.25, -0.2) is 4.98 Å². The van der Waals surface area contributed by atoms with E-state index in [-0.39, 0.29) is 11.5 Å². The molecule has 0 fully saturated rings. The highest BCUT2D eigenvalue weighted by Crippen LogP contribution is 2.29. The zero-order valence-electron chi connectivity index (χ0n) is 16.0. The molecule has 1 aromatic carbocycles. The van der Waals surface area contributed by atoms with Crippen LogP contribution in [-0.2, 0) is 0 Å². The van der Waals surface area contributed by atoms with Gasteiger partial charge in [-0.05, 0) is 18.1 Å². The van der Waals surface area contributed by atoms with Crippen molar-refractivity contribution in [2.24, 2.45) is 5.73 Å². The fourth-order valence-corrected chi connectivity index (χ4v) is 3.01. The van der Waals surface area contributed by atoms with Crippen molar-refractivity contribution in [1.82, 2.24) is 20.2 Å². The molecule has 2 heterocycles. The second kappa shape index (κ2) is 8.75. The molecule has 146 valence electrons. The third kappa shape index (κ3) is 4.42. The van der Waals surface area contributed by atoms with Gasteiger partial charge in [-0.15, -0.1) is 0 Å². The largest absolute Gasteiger partial charge is 0.365 e. The molecule has 0 bridgehead atoms. The van der Waals surface area contributed by atoms with Gasteiger partial charge < -0.3 is 15.8 Å². The summed E-state index contributed by atoms with van der Waals surface area (Å²) in [6, 6.07) is 7.68. The number of benzene rings is 1. The molecule has 5 N–H and O–H groups in total. The monoisotopic (exact) mass is 397 g/mol. The van der Waals surface area contributed by atoms with Crippen molar-refractivity contribution in [3.05, 3.63) is 47.9 Å². The molecule has 0 radical (unpaired) electrons. The van der Waals surface area contributed by atoms with Gasteiger partial charge in [0, 0.05) is 17.0 Å². The zero-order chi connectivity index (χ0) is 20.1. The molecule has 0 saturated carbocycles. The minimum Gasteiger partial charge on any atom is -0.365 e. The number of aromatic nitrogens is 4. The van der Waals surface area contributed by atoms with Crippen molar-refractivity contribution in [3.8, 4) is 11.3 Å². The molecule has 1 amide bonds. The molecule has 3 aromatic rings. The van der Waals surface area contributed by atoms with Crippen LogP contribution in [0.2, 0.25) is 0 Å². The van der Waals surface area contributed by atoms with Crippen molar-refractivity contribution in [2.45, 2.75) is 26.7 Å². The van der Waals surface area contributed by atoms with Crippen LogP contribution in [-0.4, -0.2) is 31.8 Å². The predicted molar refractivity (Wildman–Crippen MR) is 114 cm³/mol.